The van der Waals surface area contributed by atoms with Gasteiger partial charge < -0.3 is 5.32 Å². The Morgan fingerprint density at radius 3 is 2.85 bits per heavy atom. The number of nitrogens with zero attached hydrogens (tertiary/aromatic N) is 2. The van der Waals surface area contributed by atoms with Gasteiger partial charge in [-0.1, -0.05) is 25.1 Å². The van der Waals surface area contributed by atoms with Gasteiger partial charge in [-0.05, 0) is 29.6 Å². The molecule has 1 aromatic carbocycles. The Labute approximate surface area is 122 Å². The summed E-state index contributed by atoms with van der Waals surface area (Å²) >= 11 is 1.80. The molecule has 1 unspecified atom stereocenters. The van der Waals surface area contributed by atoms with Gasteiger partial charge in [0.2, 0.25) is 0 Å². The summed E-state index contributed by atoms with van der Waals surface area (Å²) < 4.78 is 0. The van der Waals surface area contributed by atoms with Gasteiger partial charge in [0.05, 0.1) is 11.0 Å². The van der Waals surface area contributed by atoms with E-state index in [9.17, 15) is 0 Å². The van der Waals surface area contributed by atoms with E-state index in [1.807, 2.05) is 6.07 Å². The maximum atomic E-state index is 4.51. The Kier molecular flexibility index (Phi) is 4.04. The van der Waals surface area contributed by atoms with Crippen molar-refractivity contribution in [1.29, 1.82) is 0 Å². The molecule has 0 saturated heterocycles. The first-order valence-corrected chi connectivity index (χ1v) is 7.72. The Bertz CT molecular complexity index is 674. The molecule has 3 aromatic rings. The second-order valence-electron chi connectivity index (χ2n) is 4.67. The minimum atomic E-state index is 0.277. The van der Waals surface area contributed by atoms with Gasteiger partial charge in [0.1, 0.15) is 0 Å². The van der Waals surface area contributed by atoms with Crippen LogP contribution in [0, 0.1) is 0 Å². The molecule has 4 heteroatoms. The first kappa shape index (κ1) is 13.2. The van der Waals surface area contributed by atoms with E-state index in [1.165, 1.54) is 10.4 Å². The van der Waals surface area contributed by atoms with Crippen molar-refractivity contribution < 1.29 is 0 Å². The van der Waals surface area contributed by atoms with Crippen LogP contribution in [0.3, 0.4) is 0 Å². The summed E-state index contributed by atoms with van der Waals surface area (Å²) in [6.45, 7) is 3.07. The number of para-hydroxylation sites is 1. The smallest absolute Gasteiger partial charge is 0.0934 e. The minimum absolute atomic E-state index is 0.277. The first-order chi connectivity index (χ1) is 9.88. The number of nitrogens with one attached hydrogen (secondary N) is 1. The van der Waals surface area contributed by atoms with Crippen LogP contribution in [0.25, 0.3) is 11.0 Å². The predicted octanol–water partition coefficient (Wildman–Crippen LogP) is 3.58. The number of likely N-dealkylation sites (N-methyl/N-ethyl adjacent to an activating group) is 1. The Morgan fingerprint density at radius 1 is 1.15 bits per heavy atom. The van der Waals surface area contributed by atoms with Crippen molar-refractivity contribution >= 4 is 22.4 Å². The second-order valence-corrected chi connectivity index (χ2v) is 5.70. The summed E-state index contributed by atoms with van der Waals surface area (Å²) in [6, 6.07) is 10.8. The molecular weight excluding hydrogens is 266 g/mol. The van der Waals surface area contributed by atoms with E-state index < -0.39 is 0 Å². The van der Waals surface area contributed by atoms with Crippen LogP contribution in [0.1, 0.15) is 23.4 Å². The topological polar surface area (TPSA) is 37.8 Å². The summed E-state index contributed by atoms with van der Waals surface area (Å²) in [5.41, 5.74) is 3.18. The molecule has 0 bridgehead atoms. The SMILES string of the molecule is CCNC(Cc1cccs1)c1cccc2nccnc12. The van der Waals surface area contributed by atoms with Gasteiger partial charge in [0.15, 0.2) is 0 Å². The van der Waals surface area contributed by atoms with E-state index in [-0.39, 0.29) is 6.04 Å². The second kappa shape index (κ2) is 6.11. The third kappa shape index (κ3) is 2.71. The zero-order chi connectivity index (χ0) is 13.8. The van der Waals surface area contributed by atoms with E-state index in [0.29, 0.717) is 0 Å². The summed E-state index contributed by atoms with van der Waals surface area (Å²) in [5.74, 6) is 0. The van der Waals surface area contributed by atoms with Crippen LogP contribution in [0.5, 0.6) is 0 Å². The number of hydrogen-bond acceptors (Lipinski definition) is 4. The van der Waals surface area contributed by atoms with Gasteiger partial charge in [-0.2, -0.15) is 0 Å². The highest BCUT2D eigenvalue weighted by Crippen LogP contribution is 2.25. The largest absolute Gasteiger partial charge is 0.310 e. The quantitative estimate of drug-likeness (QED) is 0.777. The average molecular weight is 283 g/mol. The van der Waals surface area contributed by atoms with Crippen LogP contribution in [0.15, 0.2) is 48.1 Å². The van der Waals surface area contributed by atoms with Gasteiger partial charge >= 0.3 is 0 Å². The normalized spacial score (nSPS) is 12.7. The van der Waals surface area contributed by atoms with Gasteiger partial charge in [0.25, 0.3) is 0 Å². The number of benzene rings is 1. The highest BCUT2D eigenvalue weighted by molar-refractivity contribution is 7.09. The Hall–Kier alpha value is -1.78. The molecule has 2 aromatic heterocycles. The maximum absolute atomic E-state index is 4.51. The van der Waals surface area contributed by atoms with Crippen molar-refractivity contribution in [1.82, 2.24) is 15.3 Å². The summed E-state index contributed by atoms with van der Waals surface area (Å²) in [4.78, 5) is 10.3. The standard InChI is InChI=1S/C16H17N3S/c1-2-17-15(11-12-5-4-10-20-12)13-6-3-7-14-16(13)19-9-8-18-14/h3-10,15,17H,2,11H2,1H3. The molecule has 2 heterocycles. The maximum Gasteiger partial charge on any atom is 0.0934 e. The van der Waals surface area contributed by atoms with E-state index in [4.69, 9.17) is 0 Å². The monoisotopic (exact) mass is 283 g/mol. The molecule has 3 nitrogen and oxygen atoms in total. The lowest BCUT2D eigenvalue weighted by Gasteiger charge is -2.18. The lowest BCUT2D eigenvalue weighted by molar-refractivity contribution is 0.556. The predicted molar refractivity (Wildman–Crippen MR) is 84.0 cm³/mol. The van der Waals surface area contributed by atoms with Crippen molar-refractivity contribution in [3.8, 4) is 0 Å². The van der Waals surface area contributed by atoms with Crippen LogP contribution in [0.2, 0.25) is 0 Å². The summed E-state index contributed by atoms with van der Waals surface area (Å²) in [5, 5.41) is 5.69. The van der Waals surface area contributed by atoms with E-state index >= 15 is 0 Å². The number of fused-ring (bicyclic) bond motifs is 1. The molecule has 0 saturated carbocycles. The van der Waals surface area contributed by atoms with E-state index in [1.54, 1.807) is 23.7 Å². The molecule has 1 atom stereocenters. The van der Waals surface area contributed by atoms with Gasteiger partial charge in [-0.15, -0.1) is 11.3 Å². The molecule has 0 fully saturated rings. The minimum Gasteiger partial charge on any atom is -0.310 e. The van der Waals surface area contributed by atoms with Crippen molar-refractivity contribution in [3.63, 3.8) is 0 Å². The third-order valence-corrected chi connectivity index (χ3v) is 4.24. The van der Waals surface area contributed by atoms with Crippen LogP contribution in [-0.2, 0) is 6.42 Å². The fourth-order valence-electron chi connectivity index (χ4n) is 2.46. The van der Waals surface area contributed by atoms with Crippen LogP contribution >= 0.6 is 11.3 Å². The van der Waals surface area contributed by atoms with E-state index in [2.05, 4.69) is 51.9 Å². The van der Waals surface area contributed by atoms with Gasteiger partial charge in [-0.3, -0.25) is 9.97 Å². The molecule has 20 heavy (non-hydrogen) atoms. The number of aromatic nitrogens is 2. The average Bonchev–Trinajstić information content (AvgIpc) is 2.99. The lowest BCUT2D eigenvalue weighted by Crippen LogP contribution is -2.23. The molecule has 0 aliphatic heterocycles. The van der Waals surface area contributed by atoms with E-state index in [0.717, 1.165) is 24.0 Å². The fraction of sp³-hybridized carbons (Fsp3) is 0.250. The molecular formula is C16H17N3S. The fourth-order valence-corrected chi connectivity index (χ4v) is 3.22. The molecule has 0 amide bonds. The van der Waals surface area contributed by atoms with Crippen molar-refractivity contribution in [2.75, 3.05) is 6.54 Å². The molecule has 0 spiro atoms. The highest BCUT2D eigenvalue weighted by atomic mass is 32.1. The molecule has 0 aliphatic carbocycles. The molecule has 1 N–H and O–H groups in total. The first-order valence-electron chi connectivity index (χ1n) is 6.84. The molecule has 0 radical (unpaired) electrons. The van der Waals surface area contributed by atoms with Crippen molar-refractivity contribution in [2.24, 2.45) is 0 Å². The molecule has 102 valence electrons. The number of hydrogen-bond donors (Lipinski definition) is 1. The van der Waals surface area contributed by atoms with Gasteiger partial charge in [0, 0.05) is 29.7 Å². The molecule has 0 aliphatic rings. The Balaban J connectivity index is 2.00. The molecule has 3 rings (SSSR count). The van der Waals surface area contributed by atoms with Crippen molar-refractivity contribution in [2.45, 2.75) is 19.4 Å². The van der Waals surface area contributed by atoms with Crippen LogP contribution in [0.4, 0.5) is 0 Å². The Morgan fingerprint density at radius 2 is 2.05 bits per heavy atom. The van der Waals surface area contributed by atoms with Crippen LogP contribution < -0.4 is 5.32 Å². The zero-order valence-electron chi connectivity index (χ0n) is 11.4. The number of rotatable bonds is 5. The van der Waals surface area contributed by atoms with Crippen molar-refractivity contribution in [3.05, 3.63) is 58.5 Å². The number of thiophene rings is 1. The lowest BCUT2D eigenvalue weighted by atomic mass is 10.0. The summed E-state index contributed by atoms with van der Waals surface area (Å²) in [6.07, 6.45) is 4.49. The zero-order valence-corrected chi connectivity index (χ0v) is 12.2. The third-order valence-electron chi connectivity index (χ3n) is 3.34. The van der Waals surface area contributed by atoms with Crippen LogP contribution in [-0.4, -0.2) is 16.5 Å². The summed E-state index contributed by atoms with van der Waals surface area (Å²) in [7, 11) is 0. The highest BCUT2D eigenvalue weighted by Gasteiger charge is 2.15. The van der Waals surface area contributed by atoms with Gasteiger partial charge in [-0.25, -0.2) is 0 Å².